The molecule has 0 unspecified atom stereocenters. The lowest BCUT2D eigenvalue weighted by Crippen LogP contribution is -1.88. The Morgan fingerprint density at radius 1 is 1.00 bits per heavy atom. The van der Waals surface area contributed by atoms with Crippen molar-refractivity contribution >= 4 is 21.4 Å². The zero-order chi connectivity index (χ0) is 11.0. The summed E-state index contributed by atoms with van der Waals surface area (Å²) in [6.45, 7) is 0. The molecule has 3 nitrogen and oxygen atoms in total. The Labute approximate surface area is 101 Å². The van der Waals surface area contributed by atoms with Crippen molar-refractivity contribution < 1.29 is 0 Å². The molecule has 0 saturated heterocycles. The molecule has 0 N–H and O–H groups in total. The molecule has 0 atom stereocenters. The van der Waals surface area contributed by atoms with E-state index in [1.165, 1.54) is 0 Å². The van der Waals surface area contributed by atoms with Gasteiger partial charge in [0.1, 0.15) is 0 Å². The van der Waals surface area contributed by atoms with E-state index in [2.05, 4.69) is 32.1 Å². The first-order valence-electron chi connectivity index (χ1n) is 4.88. The topological polar surface area (TPSA) is 30.2 Å². The Kier molecular flexibility index (Phi) is 2.22. The van der Waals surface area contributed by atoms with Crippen LogP contribution in [0.1, 0.15) is 0 Å². The summed E-state index contributed by atoms with van der Waals surface area (Å²) in [5.74, 6) is 0. The van der Waals surface area contributed by atoms with Crippen LogP contribution in [0.25, 0.3) is 16.6 Å². The molecule has 0 bridgehead atoms. The number of fused-ring (bicyclic) bond motifs is 1. The standard InChI is InChI=1S/C12H8BrN3/c13-11-7-15-16-8-10(1-2-12(11)16)9-3-5-14-6-4-9/h1-8H. The number of aromatic nitrogens is 3. The van der Waals surface area contributed by atoms with Crippen molar-refractivity contribution in [3.8, 4) is 11.1 Å². The SMILES string of the molecule is Brc1cnn2cc(-c3ccncc3)ccc12. The molecular weight excluding hydrogens is 266 g/mol. The van der Waals surface area contributed by atoms with Gasteiger partial charge in [0.05, 0.1) is 16.2 Å². The summed E-state index contributed by atoms with van der Waals surface area (Å²) in [6, 6.07) is 8.10. The summed E-state index contributed by atoms with van der Waals surface area (Å²) in [5, 5.41) is 4.26. The monoisotopic (exact) mass is 273 g/mol. The minimum absolute atomic E-state index is 1.01. The molecule has 0 fully saturated rings. The fourth-order valence-electron chi connectivity index (χ4n) is 1.67. The van der Waals surface area contributed by atoms with Crippen molar-refractivity contribution in [1.29, 1.82) is 0 Å². The van der Waals surface area contributed by atoms with E-state index in [9.17, 15) is 0 Å². The maximum absolute atomic E-state index is 4.26. The number of nitrogens with zero attached hydrogens (tertiary/aromatic N) is 3. The van der Waals surface area contributed by atoms with Gasteiger partial charge in [-0.25, -0.2) is 4.52 Å². The maximum Gasteiger partial charge on any atom is 0.0804 e. The lowest BCUT2D eigenvalue weighted by Gasteiger charge is -2.01. The van der Waals surface area contributed by atoms with Crippen LogP contribution >= 0.6 is 15.9 Å². The van der Waals surface area contributed by atoms with Gasteiger partial charge in [-0.2, -0.15) is 5.10 Å². The normalized spacial score (nSPS) is 10.8. The molecule has 0 saturated carbocycles. The van der Waals surface area contributed by atoms with Crippen LogP contribution in [0.5, 0.6) is 0 Å². The van der Waals surface area contributed by atoms with E-state index >= 15 is 0 Å². The van der Waals surface area contributed by atoms with Crippen LogP contribution in [-0.2, 0) is 0 Å². The van der Waals surface area contributed by atoms with Gasteiger partial charge in [0.15, 0.2) is 0 Å². The van der Waals surface area contributed by atoms with Gasteiger partial charge in [0.25, 0.3) is 0 Å². The second-order valence-corrected chi connectivity index (χ2v) is 4.33. The first-order chi connectivity index (χ1) is 7.84. The third-order valence-corrected chi connectivity index (χ3v) is 3.09. The first kappa shape index (κ1) is 9.54. The van der Waals surface area contributed by atoms with Crippen LogP contribution in [0.2, 0.25) is 0 Å². The first-order valence-corrected chi connectivity index (χ1v) is 5.67. The molecule has 0 amide bonds. The van der Waals surface area contributed by atoms with Crippen LogP contribution in [0, 0.1) is 0 Å². The smallest absolute Gasteiger partial charge is 0.0804 e. The second kappa shape index (κ2) is 3.72. The molecule has 0 aliphatic rings. The molecule has 0 aliphatic heterocycles. The van der Waals surface area contributed by atoms with Gasteiger partial charge in [0, 0.05) is 24.2 Å². The summed E-state index contributed by atoms with van der Waals surface area (Å²) >= 11 is 3.45. The van der Waals surface area contributed by atoms with Crippen LogP contribution in [0.3, 0.4) is 0 Å². The predicted octanol–water partition coefficient (Wildman–Crippen LogP) is 3.16. The number of pyridine rings is 2. The average molecular weight is 274 g/mol. The molecule has 0 aliphatic carbocycles. The van der Waals surface area contributed by atoms with Gasteiger partial charge in [-0.3, -0.25) is 4.98 Å². The third kappa shape index (κ3) is 1.51. The molecule has 3 aromatic heterocycles. The number of hydrogen-bond acceptors (Lipinski definition) is 2. The zero-order valence-electron chi connectivity index (χ0n) is 8.34. The van der Waals surface area contributed by atoms with Gasteiger partial charge >= 0.3 is 0 Å². The number of hydrogen-bond donors (Lipinski definition) is 0. The van der Waals surface area contributed by atoms with Crippen LogP contribution in [0.4, 0.5) is 0 Å². The van der Waals surface area contributed by atoms with Gasteiger partial charge < -0.3 is 0 Å². The number of halogens is 1. The van der Waals surface area contributed by atoms with Crippen LogP contribution in [0.15, 0.2) is 53.5 Å². The highest BCUT2D eigenvalue weighted by Crippen LogP contribution is 2.22. The minimum atomic E-state index is 1.01. The molecule has 3 aromatic rings. The molecule has 3 heterocycles. The molecule has 78 valence electrons. The van der Waals surface area contributed by atoms with Gasteiger partial charge in [-0.15, -0.1) is 0 Å². The Morgan fingerprint density at radius 3 is 2.62 bits per heavy atom. The summed E-state index contributed by atoms with van der Waals surface area (Å²) in [7, 11) is 0. The average Bonchev–Trinajstić information content (AvgIpc) is 2.72. The van der Waals surface area contributed by atoms with E-state index in [0.717, 1.165) is 21.1 Å². The van der Waals surface area contributed by atoms with E-state index in [0.29, 0.717) is 0 Å². The quantitative estimate of drug-likeness (QED) is 0.682. The van der Waals surface area contributed by atoms with Crippen molar-refractivity contribution in [1.82, 2.24) is 14.6 Å². The Balaban J connectivity index is 2.19. The molecular formula is C12H8BrN3. The van der Waals surface area contributed by atoms with E-state index in [4.69, 9.17) is 0 Å². The van der Waals surface area contributed by atoms with Crippen molar-refractivity contribution in [2.24, 2.45) is 0 Å². The summed E-state index contributed by atoms with van der Waals surface area (Å²) in [6.07, 6.45) is 7.39. The van der Waals surface area contributed by atoms with Crippen molar-refractivity contribution in [3.05, 3.63) is 53.5 Å². The third-order valence-electron chi connectivity index (χ3n) is 2.48. The molecule has 3 rings (SSSR count). The largest absolute Gasteiger partial charge is 0.265 e. The summed E-state index contributed by atoms with van der Waals surface area (Å²) in [5.41, 5.74) is 3.34. The van der Waals surface area contributed by atoms with E-state index in [1.807, 2.05) is 28.9 Å². The van der Waals surface area contributed by atoms with Crippen molar-refractivity contribution in [2.75, 3.05) is 0 Å². The van der Waals surface area contributed by atoms with Crippen molar-refractivity contribution in [2.45, 2.75) is 0 Å². The fourth-order valence-corrected chi connectivity index (χ4v) is 2.07. The van der Waals surface area contributed by atoms with Crippen molar-refractivity contribution in [3.63, 3.8) is 0 Å². The predicted molar refractivity (Wildman–Crippen MR) is 66.1 cm³/mol. The maximum atomic E-state index is 4.26. The second-order valence-electron chi connectivity index (χ2n) is 3.48. The molecule has 0 radical (unpaired) electrons. The van der Waals surface area contributed by atoms with Crippen LogP contribution < -0.4 is 0 Å². The van der Waals surface area contributed by atoms with Gasteiger partial charge in [0.2, 0.25) is 0 Å². The highest BCUT2D eigenvalue weighted by atomic mass is 79.9. The minimum Gasteiger partial charge on any atom is -0.265 e. The molecule has 0 aromatic carbocycles. The number of rotatable bonds is 1. The Hall–Kier alpha value is -1.68. The highest BCUT2D eigenvalue weighted by Gasteiger charge is 2.02. The molecule has 4 heteroatoms. The van der Waals surface area contributed by atoms with Gasteiger partial charge in [-0.05, 0) is 39.7 Å². The Bertz CT molecular complexity index is 631. The molecule has 16 heavy (non-hydrogen) atoms. The van der Waals surface area contributed by atoms with Gasteiger partial charge in [-0.1, -0.05) is 6.07 Å². The fraction of sp³-hybridized carbons (Fsp3) is 0. The highest BCUT2D eigenvalue weighted by molar-refractivity contribution is 9.10. The van der Waals surface area contributed by atoms with E-state index < -0.39 is 0 Å². The van der Waals surface area contributed by atoms with E-state index in [-0.39, 0.29) is 0 Å². The van der Waals surface area contributed by atoms with Crippen LogP contribution in [-0.4, -0.2) is 14.6 Å². The lowest BCUT2D eigenvalue weighted by atomic mass is 10.1. The van der Waals surface area contributed by atoms with E-state index in [1.54, 1.807) is 18.6 Å². The molecule has 0 spiro atoms. The Morgan fingerprint density at radius 2 is 1.81 bits per heavy atom. The zero-order valence-corrected chi connectivity index (χ0v) is 9.92. The summed E-state index contributed by atoms with van der Waals surface area (Å²) in [4.78, 5) is 4.01. The lowest BCUT2D eigenvalue weighted by molar-refractivity contribution is 0.963. The summed E-state index contributed by atoms with van der Waals surface area (Å²) < 4.78 is 2.87.